The van der Waals surface area contributed by atoms with E-state index < -0.39 is 5.54 Å². The highest BCUT2D eigenvalue weighted by atomic mass is 32.1. The van der Waals surface area contributed by atoms with Crippen molar-refractivity contribution in [3.05, 3.63) is 106 Å². The summed E-state index contributed by atoms with van der Waals surface area (Å²) < 4.78 is 0. The molecule has 2 heterocycles. The van der Waals surface area contributed by atoms with E-state index in [1.54, 1.807) is 16.2 Å². The summed E-state index contributed by atoms with van der Waals surface area (Å²) in [5, 5.41) is 4.04. The molecular formula is C30H30N2O2S. The maximum atomic E-state index is 13.9. The highest BCUT2D eigenvalue weighted by molar-refractivity contribution is 7.10. The van der Waals surface area contributed by atoms with Crippen LogP contribution < -0.4 is 0 Å². The molecule has 0 saturated carbocycles. The van der Waals surface area contributed by atoms with Crippen LogP contribution >= 0.6 is 11.3 Å². The van der Waals surface area contributed by atoms with Crippen molar-refractivity contribution in [1.82, 2.24) is 9.80 Å². The van der Waals surface area contributed by atoms with Crippen LogP contribution in [-0.4, -0.2) is 40.2 Å². The molecule has 178 valence electrons. The highest BCUT2D eigenvalue weighted by Crippen LogP contribution is 2.38. The van der Waals surface area contributed by atoms with Gasteiger partial charge in [-0.1, -0.05) is 66.7 Å². The van der Waals surface area contributed by atoms with Crippen molar-refractivity contribution in [2.45, 2.75) is 38.8 Å². The van der Waals surface area contributed by atoms with E-state index in [-0.39, 0.29) is 24.4 Å². The number of thiophene rings is 1. The molecule has 5 rings (SSSR count). The van der Waals surface area contributed by atoms with Gasteiger partial charge >= 0.3 is 0 Å². The standard InChI is InChI=1S/C30H30N2O2S/c1-30(2,3)32(29(34)24-15-9-13-21-10-7-8-14-23(21)24)20-27(33)31-18-16-26-25(17-19-35-26)28(31)22-11-5-4-6-12-22/h4-15,17,19,28H,16,18,20H2,1-3H3. The normalized spacial score (nSPS) is 15.6. The second kappa shape index (κ2) is 9.31. The minimum Gasteiger partial charge on any atom is -0.330 e. The maximum absolute atomic E-state index is 13.9. The van der Waals surface area contributed by atoms with Crippen LogP contribution in [0.2, 0.25) is 0 Å². The van der Waals surface area contributed by atoms with Crippen LogP contribution in [0.15, 0.2) is 84.2 Å². The number of benzene rings is 3. The van der Waals surface area contributed by atoms with Crippen LogP contribution in [0.4, 0.5) is 0 Å². The first kappa shape index (κ1) is 23.3. The highest BCUT2D eigenvalue weighted by Gasteiger charge is 2.36. The smallest absolute Gasteiger partial charge is 0.255 e. The zero-order valence-electron chi connectivity index (χ0n) is 20.4. The maximum Gasteiger partial charge on any atom is 0.255 e. The van der Waals surface area contributed by atoms with Gasteiger partial charge in [0, 0.05) is 22.5 Å². The van der Waals surface area contributed by atoms with Gasteiger partial charge in [-0.15, -0.1) is 11.3 Å². The lowest BCUT2D eigenvalue weighted by Crippen LogP contribution is -2.52. The fourth-order valence-corrected chi connectivity index (χ4v) is 5.88. The van der Waals surface area contributed by atoms with Gasteiger partial charge in [0.05, 0.1) is 6.04 Å². The molecular weight excluding hydrogens is 452 g/mol. The number of rotatable bonds is 4. The average Bonchev–Trinajstić information content (AvgIpc) is 3.34. The van der Waals surface area contributed by atoms with Gasteiger partial charge in [-0.3, -0.25) is 9.59 Å². The predicted octanol–water partition coefficient (Wildman–Crippen LogP) is 6.32. The number of hydrogen-bond acceptors (Lipinski definition) is 3. The van der Waals surface area contributed by atoms with Gasteiger partial charge < -0.3 is 9.80 Å². The Morgan fingerprint density at radius 2 is 1.66 bits per heavy atom. The van der Waals surface area contributed by atoms with E-state index >= 15 is 0 Å². The van der Waals surface area contributed by atoms with Gasteiger partial charge in [0.15, 0.2) is 0 Å². The summed E-state index contributed by atoms with van der Waals surface area (Å²) in [4.78, 5) is 32.8. The van der Waals surface area contributed by atoms with Crippen LogP contribution in [0.3, 0.4) is 0 Å². The summed E-state index contributed by atoms with van der Waals surface area (Å²) in [6.07, 6.45) is 0.842. The van der Waals surface area contributed by atoms with Crippen LogP contribution in [0.5, 0.6) is 0 Å². The third-order valence-electron chi connectivity index (χ3n) is 6.77. The van der Waals surface area contributed by atoms with Crippen molar-refractivity contribution in [1.29, 1.82) is 0 Å². The van der Waals surface area contributed by atoms with E-state index in [0.717, 1.165) is 22.8 Å². The van der Waals surface area contributed by atoms with Crippen molar-refractivity contribution in [3.8, 4) is 0 Å². The first-order chi connectivity index (χ1) is 16.8. The first-order valence-corrected chi connectivity index (χ1v) is 12.9. The van der Waals surface area contributed by atoms with Crippen LogP contribution in [0.1, 0.15) is 53.2 Å². The Bertz CT molecular complexity index is 1360. The van der Waals surface area contributed by atoms with Crippen molar-refractivity contribution in [2.75, 3.05) is 13.1 Å². The fraction of sp³-hybridized carbons (Fsp3) is 0.267. The average molecular weight is 483 g/mol. The van der Waals surface area contributed by atoms with Gasteiger partial charge in [0.25, 0.3) is 5.91 Å². The molecule has 1 aliphatic heterocycles. The molecule has 5 heteroatoms. The van der Waals surface area contributed by atoms with Crippen molar-refractivity contribution < 1.29 is 9.59 Å². The number of fused-ring (bicyclic) bond motifs is 2. The van der Waals surface area contributed by atoms with Crippen molar-refractivity contribution >= 4 is 33.9 Å². The van der Waals surface area contributed by atoms with E-state index in [9.17, 15) is 9.59 Å². The number of carbonyl (C=O) groups is 2. The Hall–Kier alpha value is -3.44. The molecule has 2 amide bonds. The van der Waals surface area contributed by atoms with Crippen LogP contribution in [0.25, 0.3) is 10.8 Å². The Morgan fingerprint density at radius 1 is 0.943 bits per heavy atom. The lowest BCUT2D eigenvalue weighted by molar-refractivity contribution is -0.135. The van der Waals surface area contributed by atoms with E-state index in [2.05, 4.69) is 23.6 Å². The van der Waals surface area contributed by atoms with Gasteiger partial charge in [-0.2, -0.15) is 0 Å². The van der Waals surface area contributed by atoms with Crippen molar-refractivity contribution in [2.24, 2.45) is 0 Å². The quantitative estimate of drug-likeness (QED) is 0.342. The SMILES string of the molecule is CC(C)(C)N(CC(=O)N1CCc2sccc2C1c1ccccc1)C(=O)c1cccc2ccccc12. The van der Waals surface area contributed by atoms with Crippen molar-refractivity contribution in [3.63, 3.8) is 0 Å². The van der Waals surface area contributed by atoms with Gasteiger partial charge in [0.2, 0.25) is 5.91 Å². The number of amides is 2. The summed E-state index contributed by atoms with van der Waals surface area (Å²) in [7, 11) is 0. The van der Waals surface area contributed by atoms with Crippen LogP contribution in [0, 0.1) is 0 Å². The van der Waals surface area contributed by atoms with E-state index in [1.165, 1.54) is 10.4 Å². The van der Waals surface area contributed by atoms with Gasteiger partial charge in [-0.25, -0.2) is 0 Å². The lowest BCUT2D eigenvalue weighted by atomic mass is 9.93. The second-order valence-corrected chi connectivity index (χ2v) is 11.0. The molecule has 0 bridgehead atoms. The molecule has 4 nitrogen and oxygen atoms in total. The molecule has 0 N–H and O–H groups in total. The molecule has 0 spiro atoms. The Kier molecular flexibility index (Phi) is 6.20. The molecule has 4 aromatic rings. The van der Waals surface area contributed by atoms with Gasteiger partial charge in [-0.05, 0) is 66.6 Å². The zero-order chi connectivity index (χ0) is 24.6. The third kappa shape index (κ3) is 4.48. The van der Waals surface area contributed by atoms with E-state index in [4.69, 9.17) is 0 Å². The minimum absolute atomic E-state index is 0.0285. The number of carbonyl (C=O) groups excluding carboxylic acids is 2. The first-order valence-electron chi connectivity index (χ1n) is 12.0. The van der Waals surface area contributed by atoms with Crippen LogP contribution in [-0.2, 0) is 11.2 Å². The summed E-state index contributed by atoms with van der Waals surface area (Å²) in [6.45, 7) is 6.65. The predicted molar refractivity (Wildman–Crippen MR) is 143 cm³/mol. The zero-order valence-corrected chi connectivity index (χ0v) is 21.2. The molecule has 1 aromatic heterocycles. The van der Waals surface area contributed by atoms with E-state index in [1.807, 2.05) is 86.3 Å². The Balaban J connectivity index is 1.49. The molecule has 0 radical (unpaired) electrons. The van der Waals surface area contributed by atoms with E-state index in [0.29, 0.717) is 12.1 Å². The molecule has 1 atom stereocenters. The topological polar surface area (TPSA) is 40.6 Å². The Labute approximate surface area is 210 Å². The molecule has 0 saturated heterocycles. The molecule has 1 unspecified atom stereocenters. The molecule has 0 fully saturated rings. The van der Waals surface area contributed by atoms with Gasteiger partial charge in [0.1, 0.15) is 6.54 Å². The Morgan fingerprint density at radius 3 is 2.43 bits per heavy atom. The minimum atomic E-state index is -0.519. The molecule has 35 heavy (non-hydrogen) atoms. The summed E-state index contributed by atoms with van der Waals surface area (Å²) in [5.74, 6) is -0.147. The summed E-state index contributed by atoms with van der Waals surface area (Å²) in [5.41, 5.74) is 2.41. The summed E-state index contributed by atoms with van der Waals surface area (Å²) in [6, 6.07) is 25.9. The molecule has 1 aliphatic rings. The number of nitrogens with zero attached hydrogens (tertiary/aromatic N) is 2. The molecule has 0 aliphatic carbocycles. The fourth-order valence-electron chi connectivity index (χ4n) is 4.98. The lowest BCUT2D eigenvalue weighted by Gasteiger charge is -2.40. The summed E-state index contributed by atoms with van der Waals surface area (Å²) >= 11 is 1.76. The second-order valence-electron chi connectivity index (χ2n) is 10.0. The number of hydrogen-bond donors (Lipinski definition) is 0. The molecule has 3 aromatic carbocycles. The monoisotopic (exact) mass is 482 g/mol. The largest absolute Gasteiger partial charge is 0.330 e. The third-order valence-corrected chi connectivity index (χ3v) is 7.77.